The van der Waals surface area contributed by atoms with Crippen LogP contribution in [0.15, 0.2) is 29.6 Å². The van der Waals surface area contributed by atoms with Crippen LogP contribution in [0, 0.1) is 5.41 Å². The van der Waals surface area contributed by atoms with Gasteiger partial charge in [0.05, 0.1) is 0 Å². The number of hydrogen-bond donors (Lipinski definition) is 2. The first-order chi connectivity index (χ1) is 5.77. The maximum absolute atomic E-state index is 7.25. The molecule has 0 atom stereocenters. The minimum Gasteiger partial charge on any atom is -0.384 e. The summed E-state index contributed by atoms with van der Waals surface area (Å²) in [5.41, 5.74) is 6.16. The summed E-state index contributed by atoms with van der Waals surface area (Å²) in [6.07, 6.45) is 0. The van der Waals surface area contributed by atoms with Crippen molar-refractivity contribution in [1.29, 1.82) is 5.41 Å². The summed E-state index contributed by atoms with van der Waals surface area (Å²) >= 11 is 1.67. The molecule has 0 saturated carbocycles. The topological polar surface area (TPSA) is 49.9 Å². The number of fused-ring (bicyclic) bond motifs is 1. The van der Waals surface area contributed by atoms with E-state index in [1.165, 1.54) is 10.1 Å². The van der Waals surface area contributed by atoms with Crippen LogP contribution in [0.3, 0.4) is 0 Å². The molecule has 0 bridgehead atoms. The zero-order valence-corrected chi connectivity index (χ0v) is 8.41. The van der Waals surface area contributed by atoms with E-state index in [-0.39, 0.29) is 18.2 Å². The smallest absolute Gasteiger partial charge is 0.122 e. The van der Waals surface area contributed by atoms with Gasteiger partial charge in [-0.05, 0) is 22.9 Å². The largest absolute Gasteiger partial charge is 0.384 e. The normalized spacial score (nSPS) is 9.54. The fraction of sp³-hybridized carbons (Fsp3) is 0. The Morgan fingerprint density at radius 3 is 2.77 bits per heavy atom. The summed E-state index contributed by atoms with van der Waals surface area (Å²) in [5.74, 6) is 0.130. The van der Waals surface area contributed by atoms with Crippen molar-refractivity contribution >= 4 is 39.7 Å². The predicted molar refractivity (Wildman–Crippen MR) is 60.1 cm³/mol. The minimum atomic E-state index is 0. The molecule has 0 saturated heterocycles. The molecule has 2 rings (SSSR count). The van der Waals surface area contributed by atoms with Gasteiger partial charge in [-0.15, -0.1) is 23.7 Å². The van der Waals surface area contributed by atoms with Crippen LogP contribution < -0.4 is 5.73 Å². The van der Waals surface area contributed by atoms with Crippen molar-refractivity contribution in [1.82, 2.24) is 0 Å². The molecule has 0 radical (unpaired) electrons. The van der Waals surface area contributed by atoms with E-state index >= 15 is 0 Å². The highest BCUT2D eigenvalue weighted by Gasteiger charge is 1.98. The van der Waals surface area contributed by atoms with E-state index in [9.17, 15) is 0 Å². The van der Waals surface area contributed by atoms with E-state index < -0.39 is 0 Å². The summed E-state index contributed by atoms with van der Waals surface area (Å²) in [6, 6.07) is 7.87. The Balaban J connectivity index is 0.000000845. The first kappa shape index (κ1) is 10.0. The molecule has 1 aromatic heterocycles. The van der Waals surface area contributed by atoms with Gasteiger partial charge < -0.3 is 5.73 Å². The quantitative estimate of drug-likeness (QED) is 0.554. The standard InChI is InChI=1S/C9H8N2S.ClH/c10-9(11)7-2-1-6-3-4-12-8(6)5-7;/h1-5H,(H3,10,11);1H. The predicted octanol–water partition coefficient (Wildman–Crippen LogP) is 2.61. The van der Waals surface area contributed by atoms with Gasteiger partial charge in [0.2, 0.25) is 0 Å². The Kier molecular flexibility index (Phi) is 2.90. The lowest BCUT2D eigenvalue weighted by atomic mass is 10.2. The molecule has 3 N–H and O–H groups in total. The van der Waals surface area contributed by atoms with Crippen molar-refractivity contribution < 1.29 is 0 Å². The number of hydrogen-bond acceptors (Lipinski definition) is 2. The number of rotatable bonds is 1. The van der Waals surface area contributed by atoms with E-state index in [1.54, 1.807) is 11.3 Å². The average molecular weight is 213 g/mol. The zero-order valence-electron chi connectivity index (χ0n) is 6.78. The fourth-order valence-corrected chi connectivity index (χ4v) is 1.95. The van der Waals surface area contributed by atoms with Crippen molar-refractivity contribution in [2.24, 2.45) is 5.73 Å². The van der Waals surface area contributed by atoms with Gasteiger partial charge in [0.1, 0.15) is 5.84 Å². The Labute approximate surface area is 86.3 Å². The van der Waals surface area contributed by atoms with Crippen LogP contribution in [-0.4, -0.2) is 5.84 Å². The van der Waals surface area contributed by atoms with E-state index in [1.807, 2.05) is 23.6 Å². The molecule has 0 amide bonds. The number of halogens is 1. The SMILES string of the molecule is Cl.N=C(N)c1ccc2ccsc2c1. The third kappa shape index (κ3) is 1.82. The molecule has 1 heterocycles. The van der Waals surface area contributed by atoms with Crippen molar-refractivity contribution in [2.45, 2.75) is 0 Å². The van der Waals surface area contributed by atoms with E-state index in [0.717, 1.165) is 5.56 Å². The maximum atomic E-state index is 7.25. The number of nitrogen functional groups attached to an aromatic ring is 1. The summed E-state index contributed by atoms with van der Waals surface area (Å²) in [7, 11) is 0. The monoisotopic (exact) mass is 212 g/mol. The summed E-state index contributed by atoms with van der Waals surface area (Å²) in [4.78, 5) is 0. The molecular formula is C9H9ClN2S. The second kappa shape index (κ2) is 3.77. The fourth-order valence-electron chi connectivity index (χ4n) is 1.12. The lowest BCUT2D eigenvalue weighted by molar-refractivity contribution is 1.43. The Hall–Kier alpha value is -1.06. The van der Waals surface area contributed by atoms with Gasteiger partial charge in [0.25, 0.3) is 0 Å². The Bertz CT molecular complexity index is 436. The molecule has 1 aromatic carbocycles. The molecule has 0 aliphatic heterocycles. The van der Waals surface area contributed by atoms with Crippen LogP contribution in [-0.2, 0) is 0 Å². The molecule has 4 heteroatoms. The van der Waals surface area contributed by atoms with Crippen LogP contribution in [0.2, 0.25) is 0 Å². The molecular weight excluding hydrogens is 204 g/mol. The van der Waals surface area contributed by atoms with Crippen LogP contribution >= 0.6 is 23.7 Å². The second-order valence-corrected chi connectivity index (χ2v) is 3.53. The highest BCUT2D eigenvalue weighted by atomic mass is 35.5. The van der Waals surface area contributed by atoms with Gasteiger partial charge in [-0.2, -0.15) is 0 Å². The van der Waals surface area contributed by atoms with E-state index in [2.05, 4.69) is 6.07 Å². The van der Waals surface area contributed by atoms with Crippen LogP contribution in [0.5, 0.6) is 0 Å². The number of nitrogens with two attached hydrogens (primary N) is 1. The van der Waals surface area contributed by atoms with Gasteiger partial charge in [-0.3, -0.25) is 5.41 Å². The van der Waals surface area contributed by atoms with Gasteiger partial charge in [-0.1, -0.05) is 12.1 Å². The van der Waals surface area contributed by atoms with Crippen LogP contribution in [0.25, 0.3) is 10.1 Å². The zero-order chi connectivity index (χ0) is 8.55. The third-order valence-corrected chi connectivity index (χ3v) is 2.65. The maximum Gasteiger partial charge on any atom is 0.122 e. The van der Waals surface area contributed by atoms with Crippen molar-refractivity contribution in [3.63, 3.8) is 0 Å². The van der Waals surface area contributed by atoms with Crippen molar-refractivity contribution in [2.75, 3.05) is 0 Å². The third-order valence-electron chi connectivity index (χ3n) is 1.77. The molecule has 0 spiro atoms. The molecule has 13 heavy (non-hydrogen) atoms. The number of amidine groups is 1. The molecule has 2 nitrogen and oxygen atoms in total. The van der Waals surface area contributed by atoms with Crippen LogP contribution in [0.4, 0.5) is 0 Å². The van der Waals surface area contributed by atoms with Gasteiger partial charge >= 0.3 is 0 Å². The number of nitrogens with one attached hydrogen (secondary N) is 1. The minimum absolute atomic E-state index is 0. The first-order valence-corrected chi connectivity index (χ1v) is 4.47. The molecule has 0 aliphatic carbocycles. The first-order valence-electron chi connectivity index (χ1n) is 3.59. The molecule has 0 unspecified atom stereocenters. The number of benzene rings is 1. The summed E-state index contributed by atoms with van der Waals surface area (Å²) in [5, 5.41) is 10.5. The van der Waals surface area contributed by atoms with Gasteiger partial charge in [0.15, 0.2) is 0 Å². The van der Waals surface area contributed by atoms with Gasteiger partial charge in [-0.25, -0.2) is 0 Å². The van der Waals surface area contributed by atoms with Gasteiger partial charge in [0, 0.05) is 10.3 Å². The van der Waals surface area contributed by atoms with Crippen molar-refractivity contribution in [3.8, 4) is 0 Å². The highest BCUT2D eigenvalue weighted by molar-refractivity contribution is 7.17. The lowest BCUT2D eigenvalue weighted by Crippen LogP contribution is -2.10. The van der Waals surface area contributed by atoms with E-state index in [4.69, 9.17) is 11.1 Å². The molecule has 0 fully saturated rings. The molecule has 0 aliphatic rings. The lowest BCUT2D eigenvalue weighted by Gasteiger charge is -1.96. The summed E-state index contributed by atoms with van der Waals surface area (Å²) in [6.45, 7) is 0. The Morgan fingerprint density at radius 1 is 1.31 bits per heavy atom. The highest BCUT2D eigenvalue weighted by Crippen LogP contribution is 2.21. The number of thiophene rings is 1. The van der Waals surface area contributed by atoms with E-state index in [0.29, 0.717) is 0 Å². The molecule has 2 aromatic rings. The summed E-state index contributed by atoms with van der Waals surface area (Å²) < 4.78 is 1.18. The Morgan fingerprint density at radius 2 is 2.08 bits per heavy atom. The average Bonchev–Trinajstić information content (AvgIpc) is 2.49. The second-order valence-electron chi connectivity index (χ2n) is 2.59. The van der Waals surface area contributed by atoms with Crippen LogP contribution in [0.1, 0.15) is 5.56 Å². The van der Waals surface area contributed by atoms with Crippen molar-refractivity contribution in [3.05, 3.63) is 35.2 Å². The molecule has 68 valence electrons.